The summed E-state index contributed by atoms with van der Waals surface area (Å²) in [5.41, 5.74) is 1.40. The molecule has 0 saturated carbocycles. The summed E-state index contributed by atoms with van der Waals surface area (Å²) in [6.45, 7) is 3.95. The third-order valence-electron chi connectivity index (χ3n) is 4.01. The Morgan fingerprint density at radius 1 is 1.22 bits per heavy atom. The second kappa shape index (κ2) is 7.04. The zero-order chi connectivity index (χ0) is 16.2. The quantitative estimate of drug-likeness (QED) is 0.924. The molecule has 2 heterocycles. The van der Waals surface area contributed by atoms with Gasteiger partial charge in [-0.3, -0.25) is 0 Å². The number of rotatable bonds is 4. The predicted octanol–water partition coefficient (Wildman–Crippen LogP) is 3.85. The van der Waals surface area contributed by atoms with Gasteiger partial charge in [0.1, 0.15) is 5.82 Å². The van der Waals surface area contributed by atoms with E-state index in [-0.39, 0.29) is 5.69 Å². The number of thioether (sulfide) groups is 1. The van der Waals surface area contributed by atoms with Crippen LogP contribution in [0.3, 0.4) is 0 Å². The molecule has 2 aromatic rings. The van der Waals surface area contributed by atoms with Gasteiger partial charge in [0.15, 0.2) is 5.69 Å². The number of aromatic carboxylic acids is 1. The van der Waals surface area contributed by atoms with E-state index in [1.807, 2.05) is 17.8 Å². The van der Waals surface area contributed by atoms with Crippen LogP contribution in [0.15, 0.2) is 47.4 Å². The van der Waals surface area contributed by atoms with Gasteiger partial charge in [0, 0.05) is 23.2 Å². The first-order valence-electron chi connectivity index (χ1n) is 7.80. The lowest BCUT2D eigenvalue weighted by Gasteiger charge is -2.32. The van der Waals surface area contributed by atoms with Gasteiger partial charge in [-0.2, -0.15) is 0 Å². The monoisotopic (exact) mass is 328 g/mol. The summed E-state index contributed by atoms with van der Waals surface area (Å²) in [6, 6.07) is 13.8. The fraction of sp³-hybridized carbons (Fsp3) is 0.333. The highest BCUT2D eigenvalue weighted by atomic mass is 32.2. The van der Waals surface area contributed by atoms with Crippen molar-refractivity contribution in [1.29, 1.82) is 0 Å². The number of piperidine rings is 1. The van der Waals surface area contributed by atoms with Gasteiger partial charge in [0.2, 0.25) is 0 Å². The van der Waals surface area contributed by atoms with Crippen molar-refractivity contribution < 1.29 is 9.90 Å². The van der Waals surface area contributed by atoms with Crippen LogP contribution >= 0.6 is 11.8 Å². The molecule has 1 aliphatic heterocycles. The Hall–Kier alpha value is -2.01. The molecule has 0 amide bonds. The van der Waals surface area contributed by atoms with Crippen LogP contribution < -0.4 is 4.90 Å². The van der Waals surface area contributed by atoms with Crippen LogP contribution in [0.1, 0.15) is 28.9 Å². The van der Waals surface area contributed by atoms with Gasteiger partial charge in [-0.1, -0.05) is 23.8 Å². The normalized spacial score (nSPS) is 15.6. The van der Waals surface area contributed by atoms with E-state index >= 15 is 0 Å². The van der Waals surface area contributed by atoms with Crippen molar-refractivity contribution in [2.75, 3.05) is 18.0 Å². The molecule has 23 heavy (non-hydrogen) atoms. The third kappa shape index (κ3) is 4.05. The lowest BCUT2D eigenvalue weighted by Crippen LogP contribution is -2.35. The second-order valence-corrected chi connectivity index (χ2v) is 7.18. The summed E-state index contributed by atoms with van der Waals surface area (Å²) in [4.78, 5) is 18.8. The smallest absolute Gasteiger partial charge is 0.354 e. The van der Waals surface area contributed by atoms with Gasteiger partial charge >= 0.3 is 5.97 Å². The minimum atomic E-state index is -0.975. The first-order valence-corrected chi connectivity index (χ1v) is 8.68. The number of hydrogen-bond donors (Lipinski definition) is 1. The molecule has 0 spiro atoms. The molecule has 5 heteroatoms. The molecular formula is C18H20N2O2S. The standard InChI is InChI=1S/C18H20N2O2S/c1-13-4-2-5-15(12-13)23-14-8-10-20(11-9-14)17-7-3-6-16(19-17)18(21)22/h2-7,12,14H,8-11H2,1H3,(H,21,22). The Bertz CT molecular complexity index is 697. The molecule has 1 aromatic heterocycles. The zero-order valence-corrected chi connectivity index (χ0v) is 13.9. The van der Waals surface area contributed by atoms with Crippen molar-refractivity contribution in [1.82, 2.24) is 4.98 Å². The number of carboxylic acid groups (broad SMARTS) is 1. The Balaban J connectivity index is 1.60. The molecule has 1 fully saturated rings. The number of aromatic nitrogens is 1. The molecule has 0 atom stereocenters. The summed E-state index contributed by atoms with van der Waals surface area (Å²) in [7, 11) is 0. The molecule has 1 aromatic carbocycles. The maximum atomic E-state index is 11.0. The van der Waals surface area contributed by atoms with E-state index in [9.17, 15) is 4.79 Å². The number of hydrogen-bond acceptors (Lipinski definition) is 4. The van der Waals surface area contributed by atoms with E-state index in [1.54, 1.807) is 6.07 Å². The molecule has 3 rings (SSSR count). The minimum absolute atomic E-state index is 0.110. The van der Waals surface area contributed by atoms with Gasteiger partial charge in [-0.05, 0) is 44.0 Å². The van der Waals surface area contributed by atoms with Crippen LogP contribution in [-0.4, -0.2) is 34.4 Å². The van der Waals surface area contributed by atoms with Gasteiger partial charge < -0.3 is 10.0 Å². The Labute approximate surface area is 140 Å². The van der Waals surface area contributed by atoms with Gasteiger partial charge in [-0.25, -0.2) is 9.78 Å². The molecule has 1 N–H and O–H groups in total. The van der Waals surface area contributed by atoms with Crippen LogP contribution in [0.25, 0.3) is 0 Å². The summed E-state index contributed by atoms with van der Waals surface area (Å²) >= 11 is 1.94. The van der Waals surface area contributed by atoms with Crippen LogP contribution in [0, 0.1) is 6.92 Å². The summed E-state index contributed by atoms with van der Waals surface area (Å²) in [5.74, 6) is -0.208. The lowest BCUT2D eigenvalue weighted by atomic mass is 10.1. The fourth-order valence-electron chi connectivity index (χ4n) is 2.80. The van der Waals surface area contributed by atoms with E-state index in [4.69, 9.17) is 5.11 Å². The van der Waals surface area contributed by atoms with E-state index in [1.165, 1.54) is 16.5 Å². The van der Waals surface area contributed by atoms with Gasteiger partial charge in [0.25, 0.3) is 0 Å². The van der Waals surface area contributed by atoms with Crippen LogP contribution in [0.5, 0.6) is 0 Å². The Kier molecular flexibility index (Phi) is 4.86. The van der Waals surface area contributed by atoms with Crippen molar-refractivity contribution in [3.8, 4) is 0 Å². The molecule has 0 bridgehead atoms. The number of carbonyl (C=O) groups is 1. The third-order valence-corrected chi connectivity index (χ3v) is 5.34. The average Bonchev–Trinajstić information content (AvgIpc) is 2.56. The zero-order valence-electron chi connectivity index (χ0n) is 13.1. The number of pyridine rings is 1. The summed E-state index contributed by atoms with van der Waals surface area (Å²) in [5, 5.41) is 9.66. The molecule has 120 valence electrons. The predicted molar refractivity (Wildman–Crippen MR) is 93.5 cm³/mol. The molecule has 1 aliphatic rings. The highest BCUT2D eigenvalue weighted by Crippen LogP contribution is 2.31. The SMILES string of the molecule is Cc1cccc(SC2CCN(c3cccc(C(=O)O)n3)CC2)c1. The van der Waals surface area contributed by atoms with Crippen molar-refractivity contribution in [3.05, 3.63) is 53.7 Å². The van der Waals surface area contributed by atoms with Crippen molar-refractivity contribution in [2.24, 2.45) is 0 Å². The van der Waals surface area contributed by atoms with E-state index in [2.05, 4.69) is 41.1 Å². The number of nitrogens with zero attached hydrogens (tertiary/aromatic N) is 2. The van der Waals surface area contributed by atoms with Crippen molar-refractivity contribution >= 4 is 23.5 Å². The number of benzene rings is 1. The van der Waals surface area contributed by atoms with Crippen molar-refractivity contribution in [2.45, 2.75) is 29.9 Å². The van der Waals surface area contributed by atoms with E-state index < -0.39 is 5.97 Å². The molecule has 0 unspecified atom stereocenters. The van der Waals surface area contributed by atoms with Gasteiger partial charge in [-0.15, -0.1) is 11.8 Å². The van der Waals surface area contributed by atoms with E-state index in [0.717, 1.165) is 31.7 Å². The molecule has 0 radical (unpaired) electrons. The lowest BCUT2D eigenvalue weighted by molar-refractivity contribution is 0.0690. The van der Waals surface area contributed by atoms with Crippen LogP contribution in [0.4, 0.5) is 5.82 Å². The second-order valence-electron chi connectivity index (χ2n) is 5.81. The number of carboxylic acids is 1. The molecule has 1 saturated heterocycles. The number of aryl methyl sites for hydroxylation is 1. The topological polar surface area (TPSA) is 53.4 Å². The van der Waals surface area contributed by atoms with Gasteiger partial charge in [0.05, 0.1) is 0 Å². The van der Waals surface area contributed by atoms with Crippen LogP contribution in [-0.2, 0) is 0 Å². The maximum absolute atomic E-state index is 11.0. The molecular weight excluding hydrogens is 308 g/mol. The first kappa shape index (κ1) is 15.9. The summed E-state index contributed by atoms with van der Waals surface area (Å²) in [6.07, 6.45) is 2.16. The Morgan fingerprint density at radius 2 is 1.96 bits per heavy atom. The van der Waals surface area contributed by atoms with Crippen LogP contribution in [0.2, 0.25) is 0 Å². The largest absolute Gasteiger partial charge is 0.477 e. The highest BCUT2D eigenvalue weighted by molar-refractivity contribution is 8.00. The highest BCUT2D eigenvalue weighted by Gasteiger charge is 2.21. The molecule has 4 nitrogen and oxygen atoms in total. The first-order chi connectivity index (χ1) is 11.1. The maximum Gasteiger partial charge on any atom is 0.354 e. The molecule has 0 aliphatic carbocycles. The minimum Gasteiger partial charge on any atom is -0.477 e. The number of anilines is 1. The van der Waals surface area contributed by atoms with Crippen molar-refractivity contribution in [3.63, 3.8) is 0 Å². The Morgan fingerprint density at radius 3 is 2.65 bits per heavy atom. The average molecular weight is 328 g/mol. The fourth-order valence-corrected chi connectivity index (χ4v) is 4.04. The summed E-state index contributed by atoms with van der Waals surface area (Å²) < 4.78 is 0. The van der Waals surface area contributed by atoms with E-state index in [0.29, 0.717) is 5.25 Å².